The van der Waals surface area contributed by atoms with Gasteiger partial charge in [-0.25, -0.2) is 0 Å². The third-order valence-corrected chi connectivity index (χ3v) is 4.45. The number of carbonyl (C=O) groups is 1. The summed E-state index contributed by atoms with van der Waals surface area (Å²) in [6.45, 7) is 0.530. The summed E-state index contributed by atoms with van der Waals surface area (Å²) < 4.78 is 5.58. The minimum absolute atomic E-state index is 0. The number of hydrogen-bond acceptors (Lipinski definition) is 3. The Morgan fingerprint density at radius 1 is 1.29 bits per heavy atom. The van der Waals surface area contributed by atoms with Crippen LogP contribution in [0.3, 0.4) is 0 Å². The highest BCUT2D eigenvalue weighted by molar-refractivity contribution is 5.85. The van der Waals surface area contributed by atoms with E-state index in [0.29, 0.717) is 18.9 Å². The molecule has 1 aliphatic heterocycles. The van der Waals surface area contributed by atoms with Gasteiger partial charge in [0.05, 0.1) is 6.04 Å². The van der Waals surface area contributed by atoms with Gasteiger partial charge in [-0.05, 0) is 24.8 Å². The van der Waals surface area contributed by atoms with Crippen LogP contribution in [-0.4, -0.2) is 18.6 Å². The van der Waals surface area contributed by atoms with Crippen molar-refractivity contribution < 1.29 is 9.53 Å². The van der Waals surface area contributed by atoms with Gasteiger partial charge in [-0.1, -0.05) is 31.0 Å². The van der Waals surface area contributed by atoms with Crippen molar-refractivity contribution in [1.29, 1.82) is 0 Å². The topological polar surface area (TPSA) is 64.4 Å². The predicted molar refractivity (Wildman–Crippen MR) is 84.6 cm³/mol. The first-order valence-electron chi connectivity index (χ1n) is 7.50. The first-order chi connectivity index (χ1) is 9.74. The van der Waals surface area contributed by atoms with Gasteiger partial charge in [-0.15, -0.1) is 12.4 Å². The molecule has 3 rings (SSSR count). The maximum atomic E-state index is 12.2. The van der Waals surface area contributed by atoms with Crippen LogP contribution in [0.25, 0.3) is 0 Å². The molecule has 3 unspecified atom stereocenters. The fourth-order valence-electron chi connectivity index (χ4n) is 3.26. The number of amides is 1. The Labute approximate surface area is 131 Å². The summed E-state index contributed by atoms with van der Waals surface area (Å²) in [5.41, 5.74) is 7.18. The molecular formula is C16H23ClN2O2. The molecule has 3 atom stereocenters. The number of halogens is 1. The second kappa shape index (κ2) is 7.14. The molecule has 3 N–H and O–H groups in total. The van der Waals surface area contributed by atoms with E-state index in [-0.39, 0.29) is 30.4 Å². The summed E-state index contributed by atoms with van der Waals surface area (Å²) in [5.74, 6) is 1.31. The van der Waals surface area contributed by atoms with Crippen molar-refractivity contribution in [3.8, 4) is 5.75 Å². The van der Waals surface area contributed by atoms with Gasteiger partial charge in [0.2, 0.25) is 5.91 Å². The van der Waals surface area contributed by atoms with Crippen molar-refractivity contribution in [1.82, 2.24) is 5.32 Å². The summed E-state index contributed by atoms with van der Waals surface area (Å²) >= 11 is 0. The second-order valence-corrected chi connectivity index (χ2v) is 5.88. The quantitative estimate of drug-likeness (QED) is 0.902. The van der Waals surface area contributed by atoms with E-state index in [1.165, 1.54) is 12.8 Å². The zero-order valence-electron chi connectivity index (χ0n) is 12.1. The summed E-state index contributed by atoms with van der Waals surface area (Å²) in [7, 11) is 0. The van der Waals surface area contributed by atoms with Crippen LogP contribution in [0.15, 0.2) is 24.3 Å². The van der Waals surface area contributed by atoms with Gasteiger partial charge in [0.25, 0.3) is 0 Å². The van der Waals surface area contributed by atoms with Crippen LogP contribution >= 0.6 is 12.4 Å². The SMILES string of the molecule is Cl.NC1CCCCC1CC(=O)NC1COc2ccccc21. The van der Waals surface area contributed by atoms with Gasteiger partial charge < -0.3 is 15.8 Å². The Kier molecular flexibility index (Phi) is 5.48. The van der Waals surface area contributed by atoms with Gasteiger partial charge in [-0.2, -0.15) is 0 Å². The second-order valence-electron chi connectivity index (χ2n) is 5.88. The average Bonchev–Trinajstić information content (AvgIpc) is 2.85. The Hall–Kier alpha value is -1.26. The van der Waals surface area contributed by atoms with Crippen LogP contribution in [0, 0.1) is 5.92 Å². The molecule has 1 aromatic rings. The van der Waals surface area contributed by atoms with Crippen molar-refractivity contribution in [3.05, 3.63) is 29.8 Å². The normalized spacial score (nSPS) is 27.2. The molecule has 1 amide bonds. The molecule has 2 aliphatic rings. The highest BCUT2D eigenvalue weighted by atomic mass is 35.5. The predicted octanol–water partition coefficient (Wildman–Crippen LogP) is 2.57. The lowest BCUT2D eigenvalue weighted by Crippen LogP contribution is -2.38. The lowest BCUT2D eigenvalue weighted by Gasteiger charge is -2.28. The minimum atomic E-state index is -0.0153. The van der Waals surface area contributed by atoms with Gasteiger partial charge in [0.15, 0.2) is 0 Å². The molecule has 0 radical (unpaired) electrons. The van der Waals surface area contributed by atoms with Crippen molar-refractivity contribution in [2.24, 2.45) is 11.7 Å². The summed E-state index contributed by atoms with van der Waals surface area (Å²) in [5, 5.41) is 3.08. The Morgan fingerprint density at radius 3 is 2.86 bits per heavy atom. The van der Waals surface area contributed by atoms with Gasteiger partial charge in [-0.3, -0.25) is 4.79 Å². The number of nitrogens with two attached hydrogens (primary N) is 1. The number of nitrogens with one attached hydrogen (secondary N) is 1. The number of para-hydroxylation sites is 1. The lowest BCUT2D eigenvalue weighted by atomic mass is 9.83. The number of hydrogen-bond donors (Lipinski definition) is 2. The fraction of sp³-hybridized carbons (Fsp3) is 0.562. The Morgan fingerprint density at radius 2 is 2.05 bits per heavy atom. The van der Waals surface area contributed by atoms with Gasteiger partial charge >= 0.3 is 0 Å². The Bertz CT molecular complexity index is 495. The van der Waals surface area contributed by atoms with E-state index < -0.39 is 0 Å². The fourth-order valence-corrected chi connectivity index (χ4v) is 3.26. The number of benzene rings is 1. The molecule has 1 fully saturated rings. The van der Waals surface area contributed by atoms with Gasteiger partial charge in [0.1, 0.15) is 12.4 Å². The molecule has 1 heterocycles. The van der Waals surface area contributed by atoms with Crippen molar-refractivity contribution in [2.75, 3.05) is 6.61 Å². The molecular weight excluding hydrogens is 288 g/mol. The molecule has 0 aromatic heterocycles. The van der Waals surface area contributed by atoms with Crippen LogP contribution < -0.4 is 15.8 Å². The van der Waals surface area contributed by atoms with E-state index >= 15 is 0 Å². The van der Waals surface area contributed by atoms with Crippen LogP contribution in [0.5, 0.6) is 5.75 Å². The molecule has 0 spiro atoms. The van der Waals surface area contributed by atoms with Crippen LogP contribution in [0.2, 0.25) is 0 Å². The lowest BCUT2D eigenvalue weighted by molar-refractivity contribution is -0.123. The number of carbonyl (C=O) groups excluding carboxylic acids is 1. The monoisotopic (exact) mass is 310 g/mol. The largest absolute Gasteiger partial charge is 0.491 e. The molecule has 4 nitrogen and oxygen atoms in total. The van der Waals surface area contributed by atoms with Crippen molar-refractivity contribution in [2.45, 2.75) is 44.2 Å². The first-order valence-corrected chi connectivity index (χ1v) is 7.50. The molecule has 116 valence electrons. The summed E-state index contributed by atoms with van der Waals surface area (Å²) in [6.07, 6.45) is 5.06. The van der Waals surface area contributed by atoms with Crippen LogP contribution in [-0.2, 0) is 4.79 Å². The van der Waals surface area contributed by atoms with E-state index in [1.807, 2.05) is 24.3 Å². The molecule has 1 aromatic carbocycles. The Balaban J connectivity index is 0.00000161. The third-order valence-electron chi connectivity index (χ3n) is 4.45. The van der Waals surface area contributed by atoms with Crippen LogP contribution in [0.1, 0.15) is 43.7 Å². The number of ether oxygens (including phenoxy) is 1. The number of fused-ring (bicyclic) bond motifs is 1. The minimum Gasteiger partial charge on any atom is -0.491 e. The zero-order chi connectivity index (χ0) is 13.9. The first kappa shape index (κ1) is 16.1. The molecule has 21 heavy (non-hydrogen) atoms. The van der Waals surface area contributed by atoms with E-state index in [0.717, 1.165) is 24.2 Å². The highest BCUT2D eigenvalue weighted by Crippen LogP contribution is 2.32. The molecule has 0 saturated heterocycles. The van der Waals surface area contributed by atoms with E-state index in [2.05, 4.69) is 5.32 Å². The average molecular weight is 311 g/mol. The summed E-state index contributed by atoms with van der Waals surface area (Å²) in [6, 6.07) is 8.05. The highest BCUT2D eigenvalue weighted by Gasteiger charge is 2.28. The maximum absolute atomic E-state index is 12.2. The van der Waals surface area contributed by atoms with E-state index in [4.69, 9.17) is 10.5 Å². The smallest absolute Gasteiger partial charge is 0.220 e. The molecule has 1 aliphatic carbocycles. The van der Waals surface area contributed by atoms with Crippen LogP contribution in [0.4, 0.5) is 0 Å². The molecule has 5 heteroatoms. The third kappa shape index (κ3) is 3.69. The van der Waals surface area contributed by atoms with E-state index in [1.54, 1.807) is 0 Å². The molecule has 0 bridgehead atoms. The molecule has 1 saturated carbocycles. The van der Waals surface area contributed by atoms with Crippen molar-refractivity contribution in [3.63, 3.8) is 0 Å². The zero-order valence-corrected chi connectivity index (χ0v) is 12.9. The van der Waals surface area contributed by atoms with Gasteiger partial charge in [0, 0.05) is 18.0 Å². The summed E-state index contributed by atoms with van der Waals surface area (Å²) in [4.78, 5) is 12.2. The maximum Gasteiger partial charge on any atom is 0.220 e. The van der Waals surface area contributed by atoms with E-state index in [9.17, 15) is 4.79 Å². The number of rotatable bonds is 3. The van der Waals surface area contributed by atoms with Crippen molar-refractivity contribution >= 4 is 18.3 Å². The standard InChI is InChI=1S/C16H22N2O2.ClH/c17-13-7-3-1-5-11(13)9-16(19)18-14-10-20-15-8-4-2-6-12(14)15;/h2,4,6,8,11,13-14H,1,3,5,7,9-10,17H2,(H,18,19);1H.